The Morgan fingerprint density at radius 1 is 1.36 bits per heavy atom. The summed E-state index contributed by atoms with van der Waals surface area (Å²) in [5, 5.41) is 3.30. The van der Waals surface area contributed by atoms with Crippen molar-refractivity contribution < 1.29 is 4.39 Å². The highest BCUT2D eigenvalue weighted by atomic mass is 19.1. The zero-order chi connectivity index (χ0) is 15.4. The van der Waals surface area contributed by atoms with Crippen molar-refractivity contribution >= 4 is 5.96 Å². The largest absolute Gasteiger partial charge is 0.352 e. The minimum Gasteiger partial charge on any atom is -0.352 e. The SMILES string of the molecule is CN=C(NCc1ccc(-n2ccnc2)c(F)c1)N1CCCC1. The highest BCUT2D eigenvalue weighted by Gasteiger charge is 2.15. The lowest BCUT2D eigenvalue weighted by Crippen LogP contribution is -2.39. The first-order valence-electron chi connectivity index (χ1n) is 7.50. The lowest BCUT2D eigenvalue weighted by atomic mass is 10.2. The van der Waals surface area contributed by atoms with Crippen molar-refractivity contribution in [3.63, 3.8) is 0 Å². The van der Waals surface area contributed by atoms with Gasteiger partial charge in [-0.05, 0) is 30.5 Å². The summed E-state index contributed by atoms with van der Waals surface area (Å²) in [7, 11) is 1.78. The third-order valence-electron chi connectivity index (χ3n) is 3.86. The smallest absolute Gasteiger partial charge is 0.193 e. The average Bonchev–Trinajstić information content (AvgIpc) is 3.21. The lowest BCUT2D eigenvalue weighted by Gasteiger charge is -2.21. The van der Waals surface area contributed by atoms with Gasteiger partial charge in [-0.25, -0.2) is 9.37 Å². The number of benzene rings is 1. The zero-order valence-corrected chi connectivity index (χ0v) is 12.7. The van der Waals surface area contributed by atoms with Gasteiger partial charge in [0, 0.05) is 39.1 Å². The number of halogens is 1. The van der Waals surface area contributed by atoms with Crippen LogP contribution < -0.4 is 5.32 Å². The van der Waals surface area contributed by atoms with E-state index in [0.717, 1.165) is 24.6 Å². The molecule has 6 heteroatoms. The van der Waals surface area contributed by atoms with Gasteiger partial charge in [-0.2, -0.15) is 0 Å². The first-order valence-corrected chi connectivity index (χ1v) is 7.50. The van der Waals surface area contributed by atoms with E-state index in [-0.39, 0.29) is 5.82 Å². The number of likely N-dealkylation sites (tertiary alicyclic amines) is 1. The van der Waals surface area contributed by atoms with Crippen molar-refractivity contribution in [2.75, 3.05) is 20.1 Å². The molecule has 0 spiro atoms. The van der Waals surface area contributed by atoms with Crippen molar-refractivity contribution in [1.82, 2.24) is 19.8 Å². The molecule has 0 unspecified atom stereocenters. The maximum absolute atomic E-state index is 14.2. The number of aromatic nitrogens is 2. The van der Waals surface area contributed by atoms with E-state index in [1.165, 1.54) is 12.8 Å². The van der Waals surface area contributed by atoms with Gasteiger partial charge < -0.3 is 14.8 Å². The molecule has 1 aliphatic rings. The van der Waals surface area contributed by atoms with Gasteiger partial charge in [0.25, 0.3) is 0 Å². The summed E-state index contributed by atoms with van der Waals surface area (Å²) in [4.78, 5) is 10.5. The van der Waals surface area contributed by atoms with Crippen LogP contribution in [0.1, 0.15) is 18.4 Å². The molecule has 0 atom stereocenters. The van der Waals surface area contributed by atoms with Crippen LogP contribution in [-0.2, 0) is 6.54 Å². The Bertz CT molecular complexity index is 645. The first-order chi connectivity index (χ1) is 10.8. The van der Waals surface area contributed by atoms with Crippen LogP contribution in [0.2, 0.25) is 0 Å². The maximum atomic E-state index is 14.2. The molecule has 2 heterocycles. The standard InChI is InChI=1S/C16H20FN5/c1-18-16(21-7-2-3-8-21)20-11-13-4-5-15(14(17)10-13)22-9-6-19-12-22/h4-6,9-10,12H,2-3,7-8,11H2,1H3,(H,18,20). The average molecular weight is 301 g/mol. The number of nitrogens with one attached hydrogen (secondary N) is 1. The van der Waals surface area contributed by atoms with Crippen LogP contribution in [0.3, 0.4) is 0 Å². The Morgan fingerprint density at radius 2 is 2.18 bits per heavy atom. The number of hydrogen-bond donors (Lipinski definition) is 1. The van der Waals surface area contributed by atoms with Crippen LogP contribution in [0.5, 0.6) is 0 Å². The van der Waals surface area contributed by atoms with Gasteiger partial charge >= 0.3 is 0 Å². The van der Waals surface area contributed by atoms with Crippen molar-refractivity contribution in [1.29, 1.82) is 0 Å². The molecule has 1 aromatic carbocycles. The van der Waals surface area contributed by atoms with Gasteiger partial charge in [0.2, 0.25) is 0 Å². The van der Waals surface area contributed by atoms with E-state index in [4.69, 9.17) is 0 Å². The second-order valence-corrected chi connectivity index (χ2v) is 5.35. The van der Waals surface area contributed by atoms with Crippen molar-refractivity contribution in [3.05, 3.63) is 48.3 Å². The fourth-order valence-corrected chi connectivity index (χ4v) is 2.71. The summed E-state index contributed by atoms with van der Waals surface area (Å²) in [6, 6.07) is 5.24. The van der Waals surface area contributed by atoms with Crippen LogP contribution in [0.25, 0.3) is 5.69 Å². The molecule has 0 aliphatic carbocycles. The second kappa shape index (κ2) is 6.60. The molecular weight excluding hydrogens is 281 g/mol. The summed E-state index contributed by atoms with van der Waals surface area (Å²) in [6.07, 6.45) is 7.36. The summed E-state index contributed by atoms with van der Waals surface area (Å²) < 4.78 is 15.9. The number of aliphatic imine (C=N–C) groups is 1. The molecule has 0 bridgehead atoms. The normalized spacial score (nSPS) is 15.4. The highest BCUT2D eigenvalue weighted by Crippen LogP contribution is 2.15. The minimum absolute atomic E-state index is 0.256. The summed E-state index contributed by atoms with van der Waals surface area (Å²) >= 11 is 0. The number of nitrogens with zero attached hydrogens (tertiary/aromatic N) is 4. The molecule has 116 valence electrons. The van der Waals surface area contributed by atoms with Crippen LogP contribution >= 0.6 is 0 Å². The molecule has 3 rings (SSSR count). The predicted octanol–water partition coefficient (Wildman–Crippen LogP) is 2.18. The van der Waals surface area contributed by atoms with Crippen molar-refractivity contribution in [2.24, 2.45) is 4.99 Å². The summed E-state index contributed by atoms with van der Waals surface area (Å²) in [6.45, 7) is 2.63. The monoisotopic (exact) mass is 301 g/mol. The number of guanidine groups is 1. The van der Waals surface area contributed by atoms with E-state index in [9.17, 15) is 4.39 Å². The fourth-order valence-electron chi connectivity index (χ4n) is 2.71. The number of hydrogen-bond acceptors (Lipinski definition) is 2. The van der Waals surface area contributed by atoms with Gasteiger partial charge in [0.15, 0.2) is 5.96 Å². The second-order valence-electron chi connectivity index (χ2n) is 5.35. The molecule has 1 fully saturated rings. The predicted molar refractivity (Wildman–Crippen MR) is 84.5 cm³/mol. The number of imidazole rings is 1. The van der Waals surface area contributed by atoms with Gasteiger partial charge in [-0.15, -0.1) is 0 Å². The molecule has 0 saturated carbocycles. The maximum Gasteiger partial charge on any atom is 0.193 e. The lowest BCUT2D eigenvalue weighted by molar-refractivity contribution is 0.493. The molecule has 1 aliphatic heterocycles. The minimum atomic E-state index is -0.256. The zero-order valence-electron chi connectivity index (χ0n) is 12.7. The molecule has 1 N–H and O–H groups in total. The third kappa shape index (κ3) is 3.10. The Labute approximate surface area is 129 Å². The molecule has 0 amide bonds. The van der Waals surface area contributed by atoms with Gasteiger partial charge in [0.05, 0.1) is 12.0 Å². The van der Waals surface area contributed by atoms with E-state index in [2.05, 4.69) is 20.2 Å². The molecule has 1 saturated heterocycles. The van der Waals surface area contributed by atoms with Crippen LogP contribution in [0.15, 0.2) is 41.9 Å². The Morgan fingerprint density at radius 3 is 2.82 bits per heavy atom. The van der Waals surface area contributed by atoms with E-state index in [1.54, 1.807) is 42.5 Å². The van der Waals surface area contributed by atoms with Gasteiger partial charge in [0.1, 0.15) is 5.82 Å². The third-order valence-corrected chi connectivity index (χ3v) is 3.86. The fraction of sp³-hybridized carbons (Fsp3) is 0.375. The van der Waals surface area contributed by atoms with E-state index >= 15 is 0 Å². The molecular formula is C16H20FN5. The first kappa shape index (κ1) is 14.6. The molecule has 0 radical (unpaired) electrons. The number of rotatable bonds is 3. The summed E-state index contributed by atoms with van der Waals surface area (Å²) in [5.74, 6) is 0.630. The van der Waals surface area contributed by atoms with E-state index in [1.807, 2.05) is 6.07 Å². The summed E-state index contributed by atoms with van der Waals surface area (Å²) in [5.41, 5.74) is 1.40. The molecule has 1 aromatic heterocycles. The molecule has 22 heavy (non-hydrogen) atoms. The van der Waals surface area contributed by atoms with Crippen LogP contribution in [-0.4, -0.2) is 40.5 Å². The Hall–Kier alpha value is -2.37. The molecule has 2 aromatic rings. The van der Waals surface area contributed by atoms with E-state index < -0.39 is 0 Å². The Kier molecular flexibility index (Phi) is 4.37. The van der Waals surface area contributed by atoms with Crippen LogP contribution in [0, 0.1) is 5.82 Å². The van der Waals surface area contributed by atoms with E-state index in [0.29, 0.717) is 12.2 Å². The topological polar surface area (TPSA) is 45.5 Å². The highest BCUT2D eigenvalue weighted by molar-refractivity contribution is 5.80. The van der Waals surface area contributed by atoms with Gasteiger partial charge in [-0.1, -0.05) is 6.07 Å². The van der Waals surface area contributed by atoms with Crippen LogP contribution in [0.4, 0.5) is 4.39 Å². The van der Waals surface area contributed by atoms with Gasteiger partial charge in [-0.3, -0.25) is 4.99 Å². The van der Waals surface area contributed by atoms with Crippen molar-refractivity contribution in [2.45, 2.75) is 19.4 Å². The Balaban J connectivity index is 1.67. The quantitative estimate of drug-likeness (QED) is 0.698. The molecule has 5 nitrogen and oxygen atoms in total. The van der Waals surface area contributed by atoms with Crippen molar-refractivity contribution in [3.8, 4) is 5.69 Å².